The van der Waals surface area contributed by atoms with Crippen LogP contribution >= 0.6 is 0 Å². The second-order valence-electron chi connectivity index (χ2n) is 8.55. The van der Waals surface area contributed by atoms with Crippen molar-refractivity contribution < 1.29 is 18.3 Å². The zero-order valence-corrected chi connectivity index (χ0v) is 19.2. The van der Waals surface area contributed by atoms with Gasteiger partial charge in [-0.05, 0) is 68.5 Å². The maximum Gasteiger partial charge on any atom is 0.243 e. The summed E-state index contributed by atoms with van der Waals surface area (Å²) in [6.45, 7) is 4.92. The van der Waals surface area contributed by atoms with Gasteiger partial charge in [-0.3, -0.25) is 4.79 Å². The third-order valence-corrected chi connectivity index (χ3v) is 8.32. The molecule has 32 heavy (non-hydrogen) atoms. The van der Waals surface area contributed by atoms with Crippen LogP contribution in [0.5, 0.6) is 5.75 Å². The van der Waals surface area contributed by atoms with Crippen LogP contribution in [0.3, 0.4) is 0 Å². The van der Waals surface area contributed by atoms with E-state index in [9.17, 15) is 18.3 Å². The molecule has 0 bridgehead atoms. The highest BCUT2D eigenvalue weighted by Gasteiger charge is 2.32. The number of nitrogens with one attached hydrogen (secondary N) is 3. The minimum Gasteiger partial charge on any atom is -0.507 e. The molecule has 9 heteroatoms. The van der Waals surface area contributed by atoms with E-state index in [2.05, 4.69) is 16.2 Å². The summed E-state index contributed by atoms with van der Waals surface area (Å²) in [5.41, 5.74) is 9.21. The molecule has 2 aliphatic heterocycles. The number of aromatic hydroxyl groups is 1. The highest BCUT2D eigenvalue weighted by atomic mass is 32.2. The highest BCUT2D eigenvalue weighted by Crippen LogP contribution is 2.33. The molecule has 0 saturated carbocycles. The maximum absolute atomic E-state index is 12.8. The predicted octanol–water partition coefficient (Wildman–Crippen LogP) is 2.73. The Balaban J connectivity index is 1.39. The molecule has 4 rings (SSSR count). The summed E-state index contributed by atoms with van der Waals surface area (Å²) in [5.74, 6) is 0.0193. The van der Waals surface area contributed by atoms with Gasteiger partial charge in [0.1, 0.15) is 11.8 Å². The van der Waals surface area contributed by atoms with Crippen LogP contribution < -0.4 is 16.2 Å². The van der Waals surface area contributed by atoms with E-state index in [4.69, 9.17) is 0 Å². The standard InChI is InChI=1S/C23H30N4O4S/c1-15-6-11-19(22(28)16(15)2)20-14-21(26-25-20)23(29)24-17-7-9-18(10-8-17)32(30,31)27-12-4-3-5-13-27/h6-11,20-21,25-26,28H,3-5,12-14H2,1-2H3,(H,24,29). The smallest absolute Gasteiger partial charge is 0.243 e. The lowest BCUT2D eigenvalue weighted by atomic mass is 9.96. The first-order valence-electron chi connectivity index (χ1n) is 11.0. The Hall–Kier alpha value is -2.46. The number of phenolic OH excluding ortho intramolecular Hbond substituents is 1. The lowest BCUT2D eigenvalue weighted by Crippen LogP contribution is -2.39. The SMILES string of the molecule is Cc1ccc(C2CC(C(=O)Nc3ccc(S(=O)(=O)N4CCCCC4)cc3)NN2)c(O)c1C. The molecule has 1 amide bonds. The Kier molecular flexibility index (Phi) is 6.52. The zero-order chi connectivity index (χ0) is 22.9. The predicted molar refractivity (Wildman–Crippen MR) is 123 cm³/mol. The van der Waals surface area contributed by atoms with Crippen LogP contribution in [0.15, 0.2) is 41.3 Å². The van der Waals surface area contributed by atoms with Crippen LogP contribution in [0, 0.1) is 13.8 Å². The van der Waals surface area contributed by atoms with Gasteiger partial charge in [-0.1, -0.05) is 18.6 Å². The lowest BCUT2D eigenvalue weighted by molar-refractivity contribution is -0.117. The van der Waals surface area contributed by atoms with E-state index < -0.39 is 16.1 Å². The fourth-order valence-corrected chi connectivity index (χ4v) is 5.75. The number of amides is 1. The molecule has 2 saturated heterocycles. The molecular formula is C23H30N4O4S. The van der Waals surface area contributed by atoms with E-state index in [0.29, 0.717) is 25.2 Å². The molecule has 0 radical (unpaired) electrons. The maximum atomic E-state index is 12.8. The molecule has 2 atom stereocenters. The topological polar surface area (TPSA) is 111 Å². The molecule has 2 aromatic rings. The Morgan fingerprint density at radius 2 is 1.72 bits per heavy atom. The number of nitrogens with zero attached hydrogens (tertiary/aromatic N) is 1. The van der Waals surface area contributed by atoms with E-state index in [1.54, 1.807) is 12.1 Å². The Morgan fingerprint density at radius 1 is 1.03 bits per heavy atom. The summed E-state index contributed by atoms with van der Waals surface area (Å²) >= 11 is 0. The van der Waals surface area contributed by atoms with E-state index in [1.807, 2.05) is 26.0 Å². The van der Waals surface area contributed by atoms with Gasteiger partial charge in [-0.25, -0.2) is 19.3 Å². The monoisotopic (exact) mass is 458 g/mol. The van der Waals surface area contributed by atoms with Gasteiger partial charge in [0.2, 0.25) is 15.9 Å². The van der Waals surface area contributed by atoms with Crippen LogP contribution in [-0.4, -0.2) is 42.9 Å². The summed E-state index contributed by atoms with van der Waals surface area (Å²) in [4.78, 5) is 13.0. The van der Waals surface area contributed by atoms with Gasteiger partial charge in [0.05, 0.1) is 10.9 Å². The molecule has 2 unspecified atom stereocenters. The van der Waals surface area contributed by atoms with E-state index in [0.717, 1.165) is 36.0 Å². The van der Waals surface area contributed by atoms with Crippen molar-refractivity contribution in [3.63, 3.8) is 0 Å². The zero-order valence-electron chi connectivity index (χ0n) is 18.4. The molecule has 0 spiro atoms. The first-order chi connectivity index (χ1) is 15.3. The fraction of sp³-hybridized carbons (Fsp3) is 0.435. The molecular weight excluding hydrogens is 428 g/mol. The largest absolute Gasteiger partial charge is 0.507 e. The molecule has 8 nitrogen and oxygen atoms in total. The third kappa shape index (κ3) is 4.52. The quantitative estimate of drug-likeness (QED) is 0.548. The second kappa shape index (κ2) is 9.19. The average molecular weight is 459 g/mol. The van der Waals surface area contributed by atoms with Crippen LogP contribution in [0.25, 0.3) is 0 Å². The first-order valence-corrected chi connectivity index (χ1v) is 12.4. The number of hydrogen-bond acceptors (Lipinski definition) is 6. The summed E-state index contributed by atoms with van der Waals surface area (Å²) in [5, 5.41) is 13.3. The molecule has 172 valence electrons. The molecule has 2 aromatic carbocycles. The van der Waals surface area contributed by atoms with E-state index in [1.165, 1.54) is 16.4 Å². The number of benzene rings is 2. The van der Waals surface area contributed by atoms with Crippen LogP contribution in [0.1, 0.15) is 48.4 Å². The number of phenols is 1. The molecule has 2 heterocycles. The van der Waals surface area contributed by atoms with Gasteiger partial charge in [-0.2, -0.15) is 4.31 Å². The van der Waals surface area contributed by atoms with Crippen LogP contribution in [0.2, 0.25) is 0 Å². The number of hydrazine groups is 1. The van der Waals surface area contributed by atoms with Gasteiger partial charge in [0.25, 0.3) is 0 Å². The van der Waals surface area contributed by atoms with Gasteiger partial charge in [-0.15, -0.1) is 0 Å². The number of aryl methyl sites for hydroxylation is 1. The molecule has 0 aliphatic carbocycles. The van der Waals surface area contributed by atoms with Crippen LogP contribution in [0.4, 0.5) is 5.69 Å². The third-order valence-electron chi connectivity index (χ3n) is 6.40. The van der Waals surface area contributed by atoms with E-state index in [-0.39, 0.29) is 22.6 Å². The molecule has 4 N–H and O–H groups in total. The van der Waals surface area contributed by atoms with Crippen molar-refractivity contribution in [1.82, 2.24) is 15.2 Å². The van der Waals surface area contributed by atoms with Gasteiger partial charge < -0.3 is 10.4 Å². The van der Waals surface area contributed by atoms with Crippen molar-refractivity contribution >= 4 is 21.6 Å². The van der Waals surface area contributed by atoms with Crippen molar-refractivity contribution in [3.8, 4) is 5.75 Å². The minimum atomic E-state index is -3.50. The molecule has 0 aromatic heterocycles. The van der Waals surface area contributed by atoms with Gasteiger partial charge in [0, 0.05) is 24.3 Å². The molecule has 2 fully saturated rings. The lowest BCUT2D eigenvalue weighted by Gasteiger charge is -2.25. The Bertz CT molecular complexity index is 1100. The fourth-order valence-electron chi connectivity index (χ4n) is 4.23. The minimum absolute atomic E-state index is 0.192. The summed E-state index contributed by atoms with van der Waals surface area (Å²) in [7, 11) is -3.50. The summed E-state index contributed by atoms with van der Waals surface area (Å²) in [6, 6.07) is 9.46. The van der Waals surface area contributed by atoms with Gasteiger partial charge in [0.15, 0.2) is 0 Å². The van der Waals surface area contributed by atoms with Crippen molar-refractivity contribution in [1.29, 1.82) is 0 Å². The highest BCUT2D eigenvalue weighted by molar-refractivity contribution is 7.89. The number of carbonyl (C=O) groups is 1. The Labute approximate surface area is 189 Å². The number of piperidine rings is 1. The number of hydrogen-bond donors (Lipinski definition) is 4. The van der Waals surface area contributed by atoms with E-state index >= 15 is 0 Å². The van der Waals surface area contributed by atoms with Crippen molar-refractivity contribution in [2.45, 2.75) is 56.5 Å². The Morgan fingerprint density at radius 3 is 2.41 bits per heavy atom. The van der Waals surface area contributed by atoms with Crippen molar-refractivity contribution in [2.24, 2.45) is 0 Å². The summed E-state index contributed by atoms with van der Waals surface area (Å²) < 4.78 is 27.1. The van der Waals surface area contributed by atoms with Gasteiger partial charge >= 0.3 is 0 Å². The first kappa shape index (κ1) is 22.7. The normalized spacial score (nSPS) is 22.1. The second-order valence-corrected chi connectivity index (χ2v) is 10.5. The van der Waals surface area contributed by atoms with Crippen molar-refractivity contribution in [2.75, 3.05) is 18.4 Å². The number of rotatable bonds is 5. The number of sulfonamides is 1. The van der Waals surface area contributed by atoms with Crippen molar-refractivity contribution in [3.05, 3.63) is 53.1 Å². The number of carbonyl (C=O) groups excluding carboxylic acids is 1. The number of anilines is 1. The summed E-state index contributed by atoms with van der Waals surface area (Å²) in [6.07, 6.45) is 3.31. The average Bonchev–Trinajstić information content (AvgIpc) is 3.29. The van der Waals surface area contributed by atoms with Crippen LogP contribution in [-0.2, 0) is 14.8 Å². The molecule has 2 aliphatic rings.